The highest BCUT2D eigenvalue weighted by Gasteiger charge is 1.98. The molecule has 3 aromatic rings. The predicted octanol–water partition coefficient (Wildman–Crippen LogP) is 3.96. The van der Waals surface area contributed by atoms with E-state index in [9.17, 15) is 0 Å². The molecule has 21 heavy (non-hydrogen) atoms. The number of benzene rings is 1. The standard InChI is InChI=1S/C16H14N4S/c1-12-11-21-16(19-12)20-18-9-13-4-2-5-14(8-13)15-6-3-7-17-10-15/h2-11H,1H3,(H,19,20). The summed E-state index contributed by atoms with van der Waals surface area (Å²) < 4.78 is 0. The van der Waals surface area contributed by atoms with Crippen molar-refractivity contribution in [3.63, 3.8) is 0 Å². The lowest BCUT2D eigenvalue weighted by Gasteiger charge is -2.01. The van der Waals surface area contributed by atoms with Crippen LogP contribution in [0.2, 0.25) is 0 Å². The smallest absolute Gasteiger partial charge is 0.203 e. The van der Waals surface area contributed by atoms with Crippen LogP contribution in [0.25, 0.3) is 11.1 Å². The molecule has 4 nitrogen and oxygen atoms in total. The minimum absolute atomic E-state index is 0.798. The van der Waals surface area contributed by atoms with Gasteiger partial charge < -0.3 is 0 Å². The molecule has 0 aliphatic heterocycles. The summed E-state index contributed by atoms with van der Waals surface area (Å²) in [7, 11) is 0. The summed E-state index contributed by atoms with van der Waals surface area (Å²) in [5.74, 6) is 0. The van der Waals surface area contributed by atoms with E-state index in [1.54, 1.807) is 23.7 Å². The van der Waals surface area contributed by atoms with E-state index in [1.807, 2.05) is 42.8 Å². The van der Waals surface area contributed by atoms with E-state index < -0.39 is 0 Å². The molecule has 0 bridgehead atoms. The average molecular weight is 294 g/mol. The zero-order valence-corrected chi connectivity index (χ0v) is 12.3. The molecule has 2 heterocycles. The molecule has 0 aliphatic carbocycles. The zero-order valence-electron chi connectivity index (χ0n) is 11.5. The predicted molar refractivity (Wildman–Crippen MR) is 87.7 cm³/mol. The number of hydrazone groups is 1. The number of rotatable bonds is 4. The second-order valence-electron chi connectivity index (χ2n) is 4.53. The number of aromatic nitrogens is 2. The maximum atomic E-state index is 4.29. The van der Waals surface area contributed by atoms with Gasteiger partial charge in [0.15, 0.2) is 0 Å². The number of aryl methyl sites for hydroxylation is 1. The Morgan fingerprint density at radius 2 is 2.10 bits per heavy atom. The van der Waals surface area contributed by atoms with Crippen molar-refractivity contribution in [2.24, 2.45) is 5.10 Å². The van der Waals surface area contributed by atoms with Gasteiger partial charge in [0.1, 0.15) is 0 Å². The third-order valence-corrected chi connectivity index (χ3v) is 3.74. The first-order chi connectivity index (χ1) is 10.3. The van der Waals surface area contributed by atoms with E-state index >= 15 is 0 Å². The SMILES string of the molecule is Cc1csc(NN=Cc2cccc(-c3cccnc3)c2)n1. The number of thiazole rings is 1. The van der Waals surface area contributed by atoms with Crippen molar-refractivity contribution in [2.45, 2.75) is 6.92 Å². The Balaban J connectivity index is 1.74. The lowest BCUT2D eigenvalue weighted by molar-refractivity contribution is 1.22. The summed E-state index contributed by atoms with van der Waals surface area (Å²) in [6, 6.07) is 12.1. The largest absolute Gasteiger partial charge is 0.264 e. The monoisotopic (exact) mass is 294 g/mol. The van der Waals surface area contributed by atoms with Gasteiger partial charge in [-0.3, -0.25) is 10.4 Å². The Morgan fingerprint density at radius 3 is 2.86 bits per heavy atom. The van der Waals surface area contributed by atoms with Gasteiger partial charge in [-0.2, -0.15) is 5.10 Å². The van der Waals surface area contributed by atoms with Crippen molar-refractivity contribution in [3.8, 4) is 11.1 Å². The van der Waals surface area contributed by atoms with Gasteiger partial charge in [0.2, 0.25) is 5.13 Å². The van der Waals surface area contributed by atoms with Crippen molar-refractivity contribution < 1.29 is 0 Å². The lowest BCUT2D eigenvalue weighted by atomic mass is 10.1. The second kappa shape index (κ2) is 6.28. The van der Waals surface area contributed by atoms with Crippen LogP contribution in [0.4, 0.5) is 5.13 Å². The summed E-state index contributed by atoms with van der Waals surface area (Å²) in [6.07, 6.45) is 5.41. The van der Waals surface area contributed by atoms with Crippen LogP contribution in [-0.4, -0.2) is 16.2 Å². The molecule has 0 amide bonds. The first-order valence-corrected chi connectivity index (χ1v) is 7.41. The van der Waals surface area contributed by atoms with Crippen LogP contribution in [0.5, 0.6) is 0 Å². The van der Waals surface area contributed by atoms with E-state index in [4.69, 9.17) is 0 Å². The van der Waals surface area contributed by atoms with Crippen LogP contribution >= 0.6 is 11.3 Å². The van der Waals surface area contributed by atoms with E-state index in [0.29, 0.717) is 0 Å². The fourth-order valence-corrected chi connectivity index (χ4v) is 2.54. The first-order valence-electron chi connectivity index (χ1n) is 6.53. The molecule has 0 fully saturated rings. The summed E-state index contributed by atoms with van der Waals surface area (Å²) in [5.41, 5.74) is 7.18. The first kappa shape index (κ1) is 13.5. The summed E-state index contributed by atoms with van der Waals surface area (Å²) >= 11 is 1.54. The number of nitrogens with one attached hydrogen (secondary N) is 1. The van der Waals surface area contributed by atoms with Crippen molar-refractivity contribution in [3.05, 3.63) is 65.4 Å². The number of nitrogens with zero attached hydrogens (tertiary/aromatic N) is 3. The van der Waals surface area contributed by atoms with Gasteiger partial charge in [0.05, 0.1) is 11.9 Å². The maximum absolute atomic E-state index is 4.29. The summed E-state index contributed by atoms with van der Waals surface area (Å²) in [4.78, 5) is 8.43. The average Bonchev–Trinajstić information content (AvgIpc) is 2.94. The molecule has 2 aromatic heterocycles. The number of pyridine rings is 1. The molecule has 0 saturated heterocycles. The maximum Gasteiger partial charge on any atom is 0.203 e. The minimum Gasteiger partial charge on any atom is -0.264 e. The molecule has 5 heteroatoms. The zero-order chi connectivity index (χ0) is 14.5. The number of anilines is 1. The van der Waals surface area contributed by atoms with E-state index in [2.05, 4.69) is 32.6 Å². The van der Waals surface area contributed by atoms with Crippen molar-refractivity contribution >= 4 is 22.7 Å². The third-order valence-electron chi connectivity index (χ3n) is 2.87. The van der Waals surface area contributed by atoms with Gasteiger partial charge in [-0.05, 0) is 30.2 Å². The second-order valence-corrected chi connectivity index (χ2v) is 5.39. The van der Waals surface area contributed by atoms with Gasteiger partial charge in [-0.1, -0.05) is 24.3 Å². The van der Waals surface area contributed by atoms with Crippen molar-refractivity contribution in [1.29, 1.82) is 0 Å². The topological polar surface area (TPSA) is 50.2 Å². The summed E-state index contributed by atoms with van der Waals surface area (Å²) in [5, 5.41) is 7.00. The van der Waals surface area contributed by atoms with E-state index in [-0.39, 0.29) is 0 Å². The molecule has 0 saturated carbocycles. The number of hydrogen-bond donors (Lipinski definition) is 1. The van der Waals surface area contributed by atoms with Gasteiger partial charge in [-0.25, -0.2) is 4.98 Å². The van der Waals surface area contributed by atoms with Crippen LogP contribution in [0, 0.1) is 6.92 Å². The van der Waals surface area contributed by atoms with E-state index in [0.717, 1.165) is 27.5 Å². The normalized spacial score (nSPS) is 10.9. The Kier molecular flexibility index (Phi) is 4.02. The van der Waals surface area contributed by atoms with Crippen LogP contribution in [0.1, 0.15) is 11.3 Å². The van der Waals surface area contributed by atoms with Crippen molar-refractivity contribution in [1.82, 2.24) is 9.97 Å². The number of hydrogen-bond acceptors (Lipinski definition) is 5. The van der Waals surface area contributed by atoms with Crippen LogP contribution in [0.15, 0.2) is 59.3 Å². The van der Waals surface area contributed by atoms with Gasteiger partial charge in [0.25, 0.3) is 0 Å². The lowest BCUT2D eigenvalue weighted by Crippen LogP contribution is -1.90. The molecule has 1 aromatic carbocycles. The molecule has 0 atom stereocenters. The molecule has 0 unspecified atom stereocenters. The molecule has 3 rings (SSSR count). The quantitative estimate of drug-likeness (QED) is 0.585. The Morgan fingerprint density at radius 1 is 1.19 bits per heavy atom. The summed E-state index contributed by atoms with van der Waals surface area (Å²) in [6.45, 7) is 1.96. The van der Waals surface area contributed by atoms with Gasteiger partial charge in [-0.15, -0.1) is 11.3 Å². The molecular weight excluding hydrogens is 280 g/mol. The highest BCUT2D eigenvalue weighted by atomic mass is 32.1. The van der Waals surface area contributed by atoms with Gasteiger partial charge >= 0.3 is 0 Å². The Labute approximate surface area is 127 Å². The molecule has 1 N–H and O–H groups in total. The van der Waals surface area contributed by atoms with Crippen LogP contribution in [-0.2, 0) is 0 Å². The fraction of sp³-hybridized carbons (Fsp3) is 0.0625. The Hall–Kier alpha value is -2.53. The fourth-order valence-electron chi connectivity index (χ4n) is 1.90. The van der Waals surface area contributed by atoms with Crippen LogP contribution in [0.3, 0.4) is 0 Å². The molecular formula is C16H14N4S. The highest BCUT2D eigenvalue weighted by molar-refractivity contribution is 7.13. The minimum atomic E-state index is 0.798. The third kappa shape index (κ3) is 3.52. The van der Waals surface area contributed by atoms with E-state index in [1.165, 1.54) is 0 Å². The van der Waals surface area contributed by atoms with Gasteiger partial charge in [0, 0.05) is 23.3 Å². The Bertz CT molecular complexity index is 750. The molecule has 0 spiro atoms. The highest BCUT2D eigenvalue weighted by Crippen LogP contribution is 2.18. The van der Waals surface area contributed by atoms with Crippen LogP contribution < -0.4 is 5.43 Å². The molecule has 0 radical (unpaired) electrons. The molecule has 0 aliphatic rings. The molecule has 104 valence electrons. The van der Waals surface area contributed by atoms with Crippen molar-refractivity contribution in [2.75, 3.05) is 5.43 Å².